The summed E-state index contributed by atoms with van der Waals surface area (Å²) in [6.45, 7) is 0. The van der Waals surface area contributed by atoms with E-state index in [2.05, 4.69) is 97.1 Å². The molecule has 2 aliphatic heterocycles. The quantitative estimate of drug-likeness (QED) is 0.273. The Kier molecular flexibility index (Phi) is 3.03. The van der Waals surface area contributed by atoms with E-state index in [1.54, 1.807) is 20.7 Å². The molecule has 0 N–H and O–H groups in total. The van der Waals surface area contributed by atoms with Crippen molar-refractivity contribution >= 4 is 71.7 Å². The highest BCUT2D eigenvalue weighted by Crippen LogP contribution is 2.45. The first-order valence-electron chi connectivity index (χ1n) is 10.6. The van der Waals surface area contributed by atoms with Crippen LogP contribution in [0.3, 0.4) is 0 Å². The van der Waals surface area contributed by atoms with Crippen LogP contribution < -0.4 is 20.7 Å². The molecule has 0 nitrogen and oxygen atoms in total. The van der Waals surface area contributed by atoms with Crippen LogP contribution >= 0.6 is 22.7 Å². The maximum absolute atomic E-state index is 2.43. The number of rotatable bonds is 0. The Morgan fingerprint density at radius 3 is 1.39 bits per heavy atom. The van der Waals surface area contributed by atoms with Gasteiger partial charge < -0.3 is 0 Å². The van der Waals surface area contributed by atoms with Crippen molar-refractivity contribution in [2.75, 3.05) is 0 Å². The van der Waals surface area contributed by atoms with Crippen molar-refractivity contribution in [2.24, 2.45) is 0 Å². The molecule has 6 aromatic rings. The van der Waals surface area contributed by atoms with E-state index in [0.29, 0.717) is 0 Å². The van der Waals surface area contributed by atoms with Gasteiger partial charge in [0.2, 0.25) is 0 Å². The molecule has 8 rings (SSSR count). The summed E-state index contributed by atoms with van der Waals surface area (Å²) in [6.07, 6.45) is 0. The minimum atomic E-state index is -2.36. The zero-order chi connectivity index (χ0) is 20.2. The fraction of sp³-hybridized carbons (Fsp3) is 0. The summed E-state index contributed by atoms with van der Waals surface area (Å²) in [7, 11) is -2.36. The van der Waals surface area contributed by atoms with E-state index >= 15 is 0 Å². The fourth-order valence-electron chi connectivity index (χ4n) is 6.04. The van der Waals surface area contributed by atoms with E-state index in [4.69, 9.17) is 0 Å². The van der Waals surface area contributed by atoms with Gasteiger partial charge in [-0.15, -0.1) is 22.7 Å². The lowest BCUT2D eigenvalue weighted by molar-refractivity contribution is 1.75. The predicted molar refractivity (Wildman–Crippen MR) is 139 cm³/mol. The normalized spacial score (nSPS) is 14.7. The molecule has 0 saturated heterocycles. The molecule has 2 aliphatic rings. The first-order valence-corrected chi connectivity index (χ1v) is 14.3. The molecule has 4 heterocycles. The minimum absolute atomic E-state index is 1.42. The summed E-state index contributed by atoms with van der Waals surface area (Å²) < 4.78 is 2.83. The minimum Gasteiger partial charge on any atom is -0.135 e. The summed E-state index contributed by atoms with van der Waals surface area (Å²) in [4.78, 5) is 3.00. The van der Waals surface area contributed by atoms with Gasteiger partial charge >= 0.3 is 0 Å². The molecular formula is C28H16S2Si. The zero-order valence-corrected chi connectivity index (χ0v) is 19.2. The number of hydrogen-bond donors (Lipinski definition) is 0. The largest absolute Gasteiger partial charge is 0.185 e. The third-order valence-corrected chi connectivity index (χ3v) is 14.9. The molecule has 1 spiro atoms. The average molecular weight is 445 g/mol. The Hall–Kier alpha value is -2.98. The maximum Gasteiger partial charge on any atom is 0.185 e. The van der Waals surface area contributed by atoms with Gasteiger partial charge in [0.1, 0.15) is 0 Å². The number of benzene rings is 4. The third kappa shape index (κ3) is 1.80. The van der Waals surface area contributed by atoms with Gasteiger partial charge in [0.05, 0.1) is 0 Å². The second-order valence-corrected chi connectivity index (χ2v) is 14.1. The van der Waals surface area contributed by atoms with Crippen molar-refractivity contribution in [3.63, 3.8) is 0 Å². The van der Waals surface area contributed by atoms with E-state index in [1.807, 2.05) is 22.7 Å². The molecule has 0 bridgehead atoms. The van der Waals surface area contributed by atoms with Gasteiger partial charge in [-0.3, -0.25) is 0 Å². The molecule has 0 unspecified atom stereocenters. The summed E-state index contributed by atoms with van der Waals surface area (Å²) in [6, 6.07) is 36.6. The first kappa shape index (κ1) is 16.7. The van der Waals surface area contributed by atoms with E-state index in [1.165, 1.54) is 41.1 Å². The van der Waals surface area contributed by atoms with E-state index < -0.39 is 8.07 Å². The Morgan fingerprint density at radius 2 is 0.871 bits per heavy atom. The van der Waals surface area contributed by atoms with Crippen LogP contribution in [0.5, 0.6) is 0 Å². The average Bonchev–Trinajstić information content (AvgIpc) is 3.53. The third-order valence-electron chi connectivity index (χ3n) is 7.09. The Labute approximate surface area is 189 Å². The molecule has 3 heteroatoms. The summed E-state index contributed by atoms with van der Waals surface area (Å²) >= 11 is 3.97. The Bertz CT molecular complexity index is 1570. The van der Waals surface area contributed by atoms with Crippen molar-refractivity contribution in [1.29, 1.82) is 0 Å². The van der Waals surface area contributed by atoms with Crippen LogP contribution in [-0.4, -0.2) is 8.07 Å². The predicted octanol–water partition coefficient (Wildman–Crippen LogP) is 5.45. The zero-order valence-electron chi connectivity index (χ0n) is 16.6. The SMILES string of the molecule is c1ccc2c(c1)-c1sc3ccccc3c1[Si]21c2ccccc2-c2sc3ccccc3c21. The van der Waals surface area contributed by atoms with Crippen LogP contribution in [-0.2, 0) is 0 Å². The monoisotopic (exact) mass is 444 g/mol. The smallest absolute Gasteiger partial charge is 0.135 e. The van der Waals surface area contributed by atoms with E-state index in [9.17, 15) is 0 Å². The Morgan fingerprint density at radius 1 is 0.452 bits per heavy atom. The molecule has 0 saturated carbocycles. The van der Waals surface area contributed by atoms with Crippen LogP contribution in [0, 0.1) is 0 Å². The lowest BCUT2D eigenvalue weighted by atomic mass is 10.2. The van der Waals surface area contributed by atoms with Gasteiger partial charge in [-0.1, -0.05) is 84.9 Å². The molecule has 0 fully saturated rings. The van der Waals surface area contributed by atoms with Crippen LogP contribution in [0.15, 0.2) is 97.1 Å². The second-order valence-electron chi connectivity index (χ2n) is 8.45. The van der Waals surface area contributed by atoms with Crippen LogP contribution in [0.2, 0.25) is 0 Å². The second kappa shape index (κ2) is 5.63. The molecule has 31 heavy (non-hydrogen) atoms. The van der Waals surface area contributed by atoms with E-state index in [0.717, 1.165) is 0 Å². The molecule has 4 aromatic carbocycles. The maximum atomic E-state index is 2.43. The molecule has 0 radical (unpaired) electrons. The van der Waals surface area contributed by atoms with Crippen LogP contribution in [0.25, 0.3) is 41.1 Å². The molecule has 0 amide bonds. The first-order chi connectivity index (χ1) is 15.4. The summed E-state index contributed by atoms with van der Waals surface area (Å²) in [5.41, 5.74) is 2.92. The van der Waals surface area contributed by atoms with Gasteiger partial charge in [0.15, 0.2) is 8.07 Å². The van der Waals surface area contributed by atoms with Crippen molar-refractivity contribution in [3.05, 3.63) is 97.1 Å². The van der Waals surface area contributed by atoms with Crippen molar-refractivity contribution in [3.8, 4) is 20.9 Å². The summed E-state index contributed by atoms with van der Waals surface area (Å²) in [5, 5.41) is 9.34. The molecule has 0 atom stereocenters. The molecule has 2 aromatic heterocycles. The highest BCUT2D eigenvalue weighted by molar-refractivity contribution is 7.37. The molecule has 0 aliphatic carbocycles. The van der Waals surface area contributed by atoms with Gasteiger partial charge in [-0.05, 0) is 54.8 Å². The van der Waals surface area contributed by atoms with Crippen molar-refractivity contribution in [2.45, 2.75) is 0 Å². The van der Waals surface area contributed by atoms with Crippen LogP contribution in [0.1, 0.15) is 0 Å². The van der Waals surface area contributed by atoms with Gasteiger partial charge in [0.25, 0.3) is 0 Å². The Balaban J connectivity index is 1.69. The molecular weight excluding hydrogens is 429 g/mol. The number of hydrogen-bond acceptors (Lipinski definition) is 2. The van der Waals surface area contributed by atoms with Crippen molar-refractivity contribution < 1.29 is 0 Å². The van der Waals surface area contributed by atoms with Gasteiger partial charge in [-0.2, -0.15) is 0 Å². The van der Waals surface area contributed by atoms with Gasteiger partial charge in [-0.25, -0.2) is 0 Å². The van der Waals surface area contributed by atoms with Crippen LogP contribution in [0.4, 0.5) is 0 Å². The lowest BCUT2D eigenvalue weighted by Gasteiger charge is -2.27. The summed E-state index contributed by atoms with van der Waals surface area (Å²) in [5.74, 6) is 0. The fourth-order valence-corrected chi connectivity index (χ4v) is 15.6. The molecule has 144 valence electrons. The highest BCUT2D eigenvalue weighted by atomic mass is 32.1. The van der Waals surface area contributed by atoms with E-state index in [-0.39, 0.29) is 0 Å². The lowest BCUT2D eigenvalue weighted by Crippen LogP contribution is -2.70. The van der Waals surface area contributed by atoms with Crippen molar-refractivity contribution in [1.82, 2.24) is 0 Å². The number of fused-ring (bicyclic) bond motifs is 14. The van der Waals surface area contributed by atoms with Gasteiger partial charge in [0, 0.05) is 19.2 Å². The standard InChI is InChI=1S/C28H16S2Si/c1-5-13-21-17(9-1)27-25(29-21)19-11-3-7-15-23(19)31(27)24-16-8-4-12-20(24)26-28(31)18-10-2-6-14-22(18)30-26/h1-16H. The number of thiophene rings is 2. The topological polar surface area (TPSA) is 0 Å². The highest BCUT2D eigenvalue weighted by Gasteiger charge is 2.56.